The second-order valence-corrected chi connectivity index (χ2v) is 3.82. The zero-order valence-electron chi connectivity index (χ0n) is 7.07. The number of aliphatic carboxylic acids is 1. The van der Waals surface area contributed by atoms with Crippen LogP contribution in [0.25, 0.3) is 0 Å². The van der Waals surface area contributed by atoms with E-state index >= 15 is 0 Å². The van der Waals surface area contributed by atoms with Crippen LogP contribution in [0.3, 0.4) is 0 Å². The lowest BCUT2D eigenvalue weighted by Crippen LogP contribution is -1.99. The Bertz CT molecular complexity index is 220. The summed E-state index contributed by atoms with van der Waals surface area (Å²) >= 11 is 0. The fourth-order valence-electron chi connectivity index (χ4n) is 2.28. The van der Waals surface area contributed by atoms with Crippen molar-refractivity contribution in [2.75, 3.05) is 0 Å². The van der Waals surface area contributed by atoms with Crippen molar-refractivity contribution in [1.82, 2.24) is 0 Å². The van der Waals surface area contributed by atoms with E-state index in [9.17, 15) is 4.79 Å². The maximum absolute atomic E-state index is 10.7. The first-order chi connectivity index (χ1) is 5.80. The molecule has 0 aromatic heterocycles. The van der Waals surface area contributed by atoms with Gasteiger partial charge in [-0.05, 0) is 31.1 Å². The molecule has 0 bridgehead atoms. The third kappa shape index (κ3) is 1.26. The van der Waals surface area contributed by atoms with Gasteiger partial charge in [-0.1, -0.05) is 18.6 Å². The van der Waals surface area contributed by atoms with E-state index in [1.54, 1.807) is 0 Å². The second kappa shape index (κ2) is 2.92. The van der Waals surface area contributed by atoms with Crippen LogP contribution in [0, 0.1) is 17.8 Å². The van der Waals surface area contributed by atoms with Gasteiger partial charge in [-0.15, -0.1) is 0 Å². The Hall–Kier alpha value is -0.790. The highest BCUT2D eigenvalue weighted by Gasteiger charge is 2.52. The van der Waals surface area contributed by atoms with Gasteiger partial charge < -0.3 is 5.11 Å². The SMILES string of the molecule is O=C(O)C1C2/C=C\CCCCC21. The van der Waals surface area contributed by atoms with Crippen molar-refractivity contribution in [1.29, 1.82) is 0 Å². The van der Waals surface area contributed by atoms with Gasteiger partial charge in [0.25, 0.3) is 0 Å². The van der Waals surface area contributed by atoms with Crippen LogP contribution in [0.5, 0.6) is 0 Å². The van der Waals surface area contributed by atoms with Gasteiger partial charge in [-0.25, -0.2) is 0 Å². The van der Waals surface area contributed by atoms with Gasteiger partial charge in [-0.3, -0.25) is 4.79 Å². The summed E-state index contributed by atoms with van der Waals surface area (Å²) in [5.74, 6) is 0.165. The Kier molecular flexibility index (Phi) is 1.91. The van der Waals surface area contributed by atoms with E-state index in [0.29, 0.717) is 11.8 Å². The van der Waals surface area contributed by atoms with Crippen molar-refractivity contribution in [2.24, 2.45) is 17.8 Å². The molecule has 1 fully saturated rings. The standard InChI is InChI=1S/C10H14O2/c11-10(12)9-7-5-3-1-2-4-6-8(7)9/h3,5,7-9H,1-2,4,6H2,(H,11,12)/b5-3-. The molecule has 2 nitrogen and oxygen atoms in total. The topological polar surface area (TPSA) is 37.3 Å². The molecule has 12 heavy (non-hydrogen) atoms. The van der Waals surface area contributed by atoms with E-state index in [2.05, 4.69) is 12.2 Å². The predicted octanol–water partition coefficient (Wildman–Crippen LogP) is 2.06. The van der Waals surface area contributed by atoms with Crippen LogP contribution in [0.1, 0.15) is 25.7 Å². The Balaban J connectivity index is 2.03. The smallest absolute Gasteiger partial charge is 0.307 e. The van der Waals surface area contributed by atoms with E-state index in [0.717, 1.165) is 12.8 Å². The zero-order valence-corrected chi connectivity index (χ0v) is 7.07. The molecular formula is C10H14O2. The Labute approximate surface area is 72.3 Å². The molecule has 1 N–H and O–H groups in total. The van der Waals surface area contributed by atoms with Crippen molar-refractivity contribution in [2.45, 2.75) is 25.7 Å². The van der Waals surface area contributed by atoms with Crippen molar-refractivity contribution >= 4 is 5.97 Å². The van der Waals surface area contributed by atoms with E-state index in [1.807, 2.05) is 0 Å². The molecule has 2 heteroatoms. The van der Waals surface area contributed by atoms with Gasteiger partial charge >= 0.3 is 5.97 Å². The summed E-state index contributed by atoms with van der Waals surface area (Å²) in [4.78, 5) is 10.7. The first-order valence-corrected chi connectivity index (χ1v) is 4.70. The van der Waals surface area contributed by atoms with Crippen LogP contribution >= 0.6 is 0 Å². The molecule has 3 unspecified atom stereocenters. The normalized spacial score (nSPS) is 42.2. The largest absolute Gasteiger partial charge is 0.481 e. The second-order valence-electron chi connectivity index (χ2n) is 3.82. The van der Waals surface area contributed by atoms with E-state index in [4.69, 9.17) is 5.11 Å². The lowest BCUT2D eigenvalue weighted by atomic mass is 10.1. The highest BCUT2D eigenvalue weighted by atomic mass is 16.4. The highest BCUT2D eigenvalue weighted by molar-refractivity contribution is 5.74. The van der Waals surface area contributed by atoms with Gasteiger partial charge in [0.15, 0.2) is 0 Å². The molecule has 0 radical (unpaired) electrons. The molecule has 0 saturated heterocycles. The molecule has 0 aromatic carbocycles. The third-order valence-electron chi connectivity index (χ3n) is 3.03. The van der Waals surface area contributed by atoms with Crippen LogP contribution in [0.4, 0.5) is 0 Å². The summed E-state index contributed by atoms with van der Waals surface area (Å²) in [6.45, 7) is 0. The quantitative estimate of drug-likeness (QED) is 0.605. The minimum atomic E-state index is -0.600. The van der Waals surface area contributed by atoms with Crippen molar-refractivity contribution < 1.29 is 9.90 Å². The van der Waals surface area contributed by atoms with Gasteiger partial charge in [0.1, 0.15) is 0 Å². The average molecular weight is 166 g/mol. The fourth-order valence-corrected chi connectivity index (χ4v) is 2.28. The fraction of sp³-hybridized carbons (Fsp3) is 0.700. The number of carboxylic acids is 1. The van der Waals surface area contributed by atoms with Gasteiger partial charge in [0.05, 0.1) is 5.92 Å². The van der Waals surface area contributed by atoms with Crippen molar-refractivity contribution in [3.8, 4) is 0 Å². The molecule has 2 aliphatic carbocycles. The van der Waals surface area contributed by atoms with Crippen LogP contribution in [0.15, 0.2) is 12.2 Å². The third-order valence-corrected chi connectivity index (χ3v) is 3.03. The van der Waals surface area contributed by atoms with E-state index < -0.39 is 5.97 Å². The summed E-state index contributed by atoms with van der Waals surface area (Å²) in [6, 6.07) is 0. The number of fused-ring (bicyclic) bond motifs is 1. The van der Waals surface area contributed by atoms with Crippen LogP contribution in [0.2, 0.25) is 0 Å². The molecule has 3 atom stereocenters. The summed E-state index contributed by atoms with van der Waals surface area (Å²) in [6.07, 6.45) is 8.95. The minimum absolute atomic E-state index is 0.0562. The van der Waals surface area contributed by atoms with Gasteiger partial charge in [0, 0.05) is 0 Å². The van der Waals surface area contributed by atoms with Crippen LogP contribution in [-0.4, -0.2) is 11.1 Å². The van der Waals surface area contributed by atoms with E-state index in [-0.39, 0.29) is 5.92 Å². The molecule has 0 aliphatic heterocycles. The number of hydrogen-bond donors (Lipinski definition) is 1. The molecule has 0 amide bonds. The van der Waals surface area contributed by atoms with Crippen LogP contribution in [-0.2, 0) is 4.79 Å². The first kappa shape index (κ1) is 7.84. The molecule has 1 saturated carbocycles. The summed E-state index contributed by atoms with van der Waals surface area (Å²) in [7, 11) is 0. The molecular weight excluding hydrogens is 152 g/mol. The maximum Gasteiger partial charge on any atom is 0.307 e. The molecule has 0 spiro atoms. The zero-order chi connectivity index (χ0) is 8.55. The van der Waals surface area contributed by atoms with Crippen molar-refractivity contribution in [3.63, 3.8) is 0 Å². The molecule has 0 heterocycles. The first-order valence-electron chi connectivity index (χ1n) is 4.70. The highest BCUT2D eigenvalue weighted by Crippen LogP contribution is 2.51. The summed E-state index contributed by atoms with van der Waals surface area (Å²) in [5, 5.41) is 8.83. The van der Waals surface area contributed by atoms with Gasteiger partial charge in [-0.2, -0.15) is 0 Å². The van der Waals surface area contributed by atoms with E-state index in [1.165, 1.54) is 12.8 Å². The van der Waals surface area contributed by atoms with Crippen LogP contribution < -0.4 is 0 Å². The molecule has 66 valence electrons. The average Bonchev–Trinajstić information content (AvgIpc) is 2.60. The number of hydrogen-bond acceptors (Lipinski definition) is 1. The minimum Gasteiger partial charge on any atom is -0.481 e. The number of rotatable bonds is 1. The Morgan fingerprint density at radius 1 is 1.42 bits per heavy atom. The lowest BCUT2D eigenvalue weighted by Gasteiger charge is -1.99. The number of carboxylic acid groups (broad SMARTS) is 1. The maximum atomic E-state index is 10.7. The number of carbonyl (C=O) groups is 1. The Morgan fingerprint density at radius 2 is 2.25 bits per heavy atom. The predicted molar refractivity (Wildman–Crippen MR) is 45.7 cm³/mol. The lowest BCUT2D eigenvalue weighted by molar-refractivity contribution is -0.139. The summed E-state index contributed by atoms with van der Waals surface area (Å²) < 4.78 is 0. The monoisotopic (exact) mass is 166 g/mol. The number of allylic oxidation sites excluding steroid dienone is 2. The molecule has 0 aromatic rings. The van der Waals surface area contributed by atoms with Gasteiger partial charge in [0.2, 0.25) is 0 Å². The van der Waals surface area contributed by atoms with Crippen molar-refractivity contribution in [3.05, 3.63) is 12.2 Å². The Morgan fingerprint density at radius 3 is 3.00 bits per heavy atom. The molecule has 2 aliphatic rings. The molecule has 2 rings (SSSR count). The summed E-state index contributed by atoms with van der Waals surface area (Å²) in [5.41, 5.74) is 0.